The normalized spacial score (nSPS) is 25.6. The van der Waals surface area contributed by atoms with E-state index in [0.29, 0.717) is 70.1 Å². The van der Waals surface area contributed by atoms with Gasteiger partial charge in [-0.1, -0.05) is 61.9 Å². The number of thiazole rings is 1. The molecule has 1 unspecified atom stereocenters. The van der Waals surface area contributed by atoms with Gasteiger partial charge in [0, 0.05) is 40.4 Å². The third-order valence-corrected chi connectivity index (χ3v) is 16.7. The summed E-state index contributed by atoms with van der Waals surface area (Å²) in [7, 11) is -2.53. The van der Waals surface area contributed by atoms with Crippen LogP contribution < -0.4 is 25.4 Å². The number of ether oxygens (including phenoxy) is 3. The topological polar surface area (TPSA) is 181 Å². The number of anilines is 1. The SMILES string of the molecule is COc1ccc2c(O[C@@H]3C[C@H]4C(=O)N[C@]5(P(=O)(O)Cc6ccccc6Cl)C[C@@H]5CCCCCCC[C@H](NC(=O)OC5CCCC5)C(=O)N4C3)cc(-c3csc(NC(C)C)n3)nc2c1. The van der Waals surface area contributed by atoms with Crippen molar-refractivity contribution in [3.8, 4) is 22.9 Å². The Morgan fingerprint density at radius 3 is 2.51 bits per heavy atom. The molecular formula is C46H58ClN6O8PS. The third-order valence-electron chi connectivity index (χ3n) is 12.9. The van der Waals surface area contributed by atoms with Crippen molar-refractivity contribution in [3.63, 3.8) is 0 Å². The van der Waals surface area contributed by atoms with Crippen LogP contribution in [0.1, 0.15) is 103 Å². The first-order valence-electron chi connectivity index (χ1n) is 22.4. The highest BCUT2D eigenvalue weighted by Gasteiger charge is 2.66. The highest BCUT2D eigenvalue weighted by molar-refractivity contribution is 7.59. The van der Waals surface area contributed by atoms with E-state index in [1.54, 1.807) is 31.4 Å². The maximum absolute atomic E-state index is 14.9. The number of hydrogen-bond donors (Lipinski definition) is 4. The molecule has 2 aromatic heterocycles. The molecule has 2 aromatic carbocycles. The van der Waals surface area contributed by atoms with Crippen LogP contribution in [0.3, 0.4) is 0 Å². The molecular weight excluding hydrogens is 863 g/mol. The molecule has 4 heterocycles. The highest BCUT2D eigenvalue weighted by Crippen LogP contribution is 2.72. The number of rotatable bonds is 11. The summed E-state index contributed by atoms with van der Waals surface area (Å²) < 4.78 is 32.8. The molecule has 4 aliphatic rings. The first-order chi connectivity index (χ1) is 30.3. The molecule has 338 valence electrons. The van der Waals surface area contributed by atoms with Gasteiger partial charge in [-0.2, -0.15) is 0 Å². The van der Waals surface area contributed by atoms with Crippen LogP contribution in [0.5, 0.6) is 11.5 Å². The van der Waals surface area contributed by atoms with Crippen molar-refractivity contribution in [2.75, 3.05) is 19.0 Å². The Morgan fingerprint density at radius 1 is 1.00 bits per heavy atom. The van der Waals surface area contributed by atoms with Gasteiger partial charge >= 0.3 is 6.09 Å². The van der Waals surface area contributed by atoms with E-state index in [1.807, 2.05) is 43.5 Å². The molecule has 4 aromatic rings. The first kappa shape index (κ1) is 45.1. The second-order valence-corrected chi connectivity index (χ2v) is 21.6. The molecule has 2 aliphatic carbocycles. The quantitative estimate of drug-likeness (QED) is 0.105. The van der Waals surface area contributed by atoms with Gasteiger partial charge in [0.15, 0.2) is 5.13 Å². The highest BCUT2D eigenvalue weighted by atomic mass is 35.5. The largest absolute Gasteiger partial charge is 0.497 e. The summed E-state index contributed by atoms with van der Waals surface area (Å²) in [5.74, 6) is -0.0896. The van der Waals surface area contributed by atoms with Crippen molar-refractivity contribution in [2.45, 2.75) is 139 Å². The van der Waals surface area contributed by atoms with Crippen molar-refractivity contribution in [3.05, 3.63) is 64.5 Å². The molecule has 3 amide bonds. The molecule has 2 saturated carbocycles. The number of carbonyl (C=O) groups is 3. The lowest BCUT2D eigenvalue weighted by molar-refractivity contribution is -0.140. The fourth-order valence-electron chi connectivity index (χ4n) is 9.47. The molecule has 63 heavy (non-hydrogen) atoms. The Labute approximate surface area is 377 Å². The average Bonchev–Trinajstić information content (AvgIpc) is 3.66. The number of fused-ring (bicyclic) bond motifs is 3. The van der Waals surface area contributed by atoms with E-state index in [2.05, 4.69) is 16.0 Å². The van der Waals surface area contributed by atoms with Gasteiger partial charge in [-0.3, -0.25) is 14.2 Å². The van der Waals surface area contributed by atoms with E-state index in [4.69, 9.17) is 35.8 Å². The standard InChI is InChI=1S/C46H58ClN6O8PS/c1-28(2)48-44-50-39(27-63-44)38-23-41(34-20-19-32(59-3)21-37(34)49-38)60-33-22-40-42(54)52-46(62(57,58)26-29-13-9-12-17-35(29)47)24-30(46)14-7-5-4-6-8-18-36(43(55)53(40)25-33)51-45(56)61-31-15-10-11-16-31/h9,12-13,17,19-21,23,27-28,30-31,33,36,40H,4-8,10-11,14-16,18,22,24-26H2,1-3H3,(H,48,50)(H,51,56)(H,52,54)(H,57,58)/t30-,33+,36-,40-,46-/m0/s1. The summed E-state index contributed by atoms with van der Waals surface area (Å²) in [5.41, 5.74) is 2.37. The lowest BCUT2D eigenvalue weighted by atomic mass is 10.0. The van der Waals surface area contributed by atoms with Gasteiger partial charge in [-0.15, -0.1) is 11.3 Å². The minimum absolute atomic E-state index is 0.0219. The molecule has 2 saturated heterocycles. The zero-order valence-corrected chi connectivity index (χ0v) is 38.6. The van der Waals surface area contributed by atoms with Gasteiger partial charge in [-0.25, -0.2) is 14.8 Å². The van der Waals surface area contributed by atoms with Crippen LogP contribution in [0.25, 0.3) is 22.3 Å². The van der Waals surface area contributed by atoms with E-state index in [1.165, 1.54) is 16.2 Å². The predicted octanol–water partition coefficient (Wildman–Crippen LogP) is 9.27. The summed E-state index contributed by atoms with van der Waals surface area (Å²) in [6, 6.07) is 12.5. The van der Waals surface area contributed by atoms with Crippen LogP contribution in [-0.4, -0.2) is 86.9 Å². The maximum atomic E-state index is 14.9. The number of halogens is 1. The van der Waals surface area contributed by atoms with E-state index < -0.39 is 48.7 Å². The fourth-order valence-corrected chi connectivity index (χ4v) is 13.1. The van der Waals surface area contributed by atoms with Gasteiger partial charge in [0.05, 0.1) is 31.0 Å². The summed E-state index contributed by atoms with van der Waals surface area (Å²) in [6.45, 7) is 4.11. The van der Waals surface area contributed by atoms with Crippen LogP contribution in [0.4, 0.5) is 9.93 Å². The summed E-state index contributed by atoms with van der Waals surface area (Å²) >= 11 is 7.97. The van der Waals surface area contributed by atoms with Gasteiger partial charge in [-0.05, 0) is 88.5 Å². The predicted molar refractivity (Wildman–Crippen MR) is 245 cm³/mol. The summed E-state index contributed by atoms with van der Waals surface area (Å²) in [5, 5.41) is 11.7. The Kier molecular flexibility index (Phi) is 13.9. The number of hydrogen-bond acceptors (Lipinski definition) is 11. The molecule has 8 rings (SSSR count). The van der Waals surface area contributed by atoms with Crippen LogP contribution >= 0.6 is 30.3 Å². The lowest BCUT2D eigenvalue weighted by Gasteiger charge is -2.31. The van der Waals surface area contributed by atoms with Crippen LogP contribution in [0.15, 0.2) is 53.9 Å². The molecule has 0 radical (unpaired) electrons. The fraction of sp³-hybridized carbons (Fsp3) is 0.543. The molecule has 0 spiro atoms. The van der Waals surface area contributed by atoms with Crippen molar-refractivity contribution < 1.29 is 38.1 Å². The van der Waals surface area contributed by atoms with Gasteiger partial charge in [0.1, 0.15) is 46.8 Å². The van der Waals surface area contributed by atoms with Crippen LogP contribution in [0.2, 0.25) is 5.02 Å². The van der Waals surface area contributed by atoms with Crippen molar-refractivity contribution >= 4 is 64.2 Å². The number of nitrogens with zero attached hydrogens (tertiary/aromatic N) is 3. The number of methoxy groups -OCH3 is 1. The minimum Gasteiger partial charge on any atom is -0.497 e. The first-order valence-corrected chi connectivity index (χ1v) is 25.5. The van der Waals surface area contributed by atoms with Crippen LogP contribution in [-0.2, 0) is 25.1 Å². The third kappa shape index (κ3) is 10.3. The molecule has 4 fully saturated rings. The molecule has 17 heteroatoms. The van der Waals surface area contributed by atoms with Gasteiger partial charge in [0.25, 0.3) is 0 Å². The Bertz CT molecular complexity index is 2360. The van der Waals surface area contributed by atoms with Crippen LogP contribution in [0, 0.1) is 5.92 Å². The molecule has 2 aliphatic heterocycles. The number of carbonyl (C=O) groups excluding carboxylic acids is 3. The number of amides is 3. The maximum Gasteiger partial charge on any atom is 0.408 e. The number of aromatic nitrogens is 2. The van der Waals surface area contributed by atoms with E-state index in [-0.39, 0.29) is 37.2 Å². The number of alkyl carbamates (subject to hydrolysis) is 1. The van der Waals surface area contributed by atoms with E-state index in [0.717, 1.165) is 56.5 Å². The zero-order chi connectivity index (χ0) is 44.3. The second-order valence-electron chi connectivity index (χ2n) is 17.8. The van der Waals surface area contributed by atoms with Gasteiger partial charge < -0.3 is 40.0 Å². The van der Waals surface area contributed by atoms with Crippen molar-refractivity contribution in [1.29, 1.82) is 0 Å². The second kappa shape index (κ2) is 19.4. The Balaban J connectivity index is 1.13. The zero-order valence-electron chi connectivity index (χ0n) is 36.1. The minimum atomic E-state index is -4.12. The Hall–Kier alpha value is -4.43. The van der Waals surface area contributed by atoms with Crippen molar-refractivity contribution in [2.24, 2.45) is 5.92 Å². The average molecular weight is 921 g/mol. The van der Waals surface area contributed by atoms with Gasteiger partial charge in [0.2, 0.25) is 19.2 Å². The van der Waals surface area contributed by atoms with Crippen molar-refractivity contribution in [1.82, 2.24) is 25.5 Å². The molecule has 0 bridgehead atoms. The molecule has 14 nitrogen and oxygen atoms in total. The molecule has 6 atom stereocenters. The number of pyridine rings is 1. The number of nitrogens with one attached hydrogen (secondary N) is 3. The Morgan fingerprint density at radius 2 is 1.75 bits per heavy atom. The summed E-state index contributed by atoms with van der Waals surface area (Å²) in [4.78, 5) is 66.3. The van der Waals surface area contributed by atoms with E-state index in [9.17, 15) is 23.8 Å². The molecule has 4 N–H and O–H groups in total. The monoisotopic (exact) mass is 920 g/mol. The van der Waals surface area contributed by atoms with E-state index >= 15 is 0 Å². The number of benzene rings is 2. The lowest BCUT2D eigenvalue weighted by Crippen LogP contribution is -2.55. The summed E-state index contributed by atoms with van der Waals surface area (Å²) in [6.07, 6.45) is 7.44. The smallest absolute Gasteiger partial charge is 0.408 e.